The Hall–Kier alpha value is -1.85. The van der Waals surface area contributed by atoms with Crippen LogP contribution in [-0.4, -0.2) is 27.1 Å². The second-order valence-electron chi connectivity index (χ2n) is 4.91. The number of aromatic nitrogens is 2. The first kappa shape index (κ1) is 13.6. The zero-order valence-electron chi connectivity index (χ0n) is 11.1. The van der Waals surface area contributed by atoms with E-state index in [0.29, 0.717) is 11.6 Å². The van der Waals surface area contributed by atoms with Crippen LogP contribution in [0.1, 0.15) is 44.7 Å². The summed E-state index contributed by atoms with van der Waals surface area (Å²) < 4.78 is 5.84. The third kappa shape index (κ3) is 3.56. The number of hydrogen-bond acceptors (Lipinski definition) is 5. The highest BCUT2D eigenvalue weighted by atomic mass is 16.5. The summed E-state index contributed by atoms with van der Waals surface area (Å²) in [5.74, 6) is 1.20. The molecule has 0 amide bonds. The molecule has 104 valence electrons. The van der Waals surface area contributed by atoms with Crippen LogP contribution in [0.15, 0.2) is 17.5 Å². The molecule has 1 saturated carbocycles. The maximum Gasteiger partial charge on any atom is 0.232 e. The minimum atomic E-state index is -0.0530. The van der Waals surface area contributed by atoms with E-state index in [9.17, 15) is 0 Å². The lowest BCUT2D eigenvalue weighted by Crippen LogP contribution is -2.25. The first-order valence-corrected chi connectivity index (χ1v) is 6.69. The molecule has 6 nitrogen and oxygen atoms in total. The number of hydrogen-bond donors (Lipinski definition) is 2. The summed E-state index contributed by atoms with van der Waals surface area (Å²) in [5.41, 5.74) is 5.76. The van der Waals surface area contributed by atoms with Gasteiger partial charge in [-0.1, -0.05) is 24.9 Å². The molecule has 0 saturated heterocycles. The van der Waals surface area contributed by atoms with Crippen molar-refractivity contribution in [2.45, 2.75) is 45.1 Å². The molecule has 2 atom stereocenters. The maximum atomic E-state index is 8.54. The fourth-order valence-electron chi connectivity index (χ4n) is 2.45. The summed E-state index contributed by atoms with van der Waals surface area (Å²) in [6, 6.07) is 0. The normalized spacial score (nSPS) is 24.2. The van der Waals surface area contributed by atoms with Crippen LogP contribution in [-0.2, 0) is 0 Å². The molecule has 0 spiro atoms. The van der Waals surface area contributed by atoms with Crippen molar-refractivity contribution in [2.75, 3.05) is 0 Å². The molecule has 1 aliphatic rings. The van der Waals surface area contributed by atoms with E-state index in [1.54, 1.807) is 0 Å². The van der Waals surface area contributed by atoms with E-state index in [1.807, 2.05) is 0 Å². The highest BCUT2D eigenvalue weighted by Gasteiger charge is 2.22. The second kappa shape index (κ2) is 6.36. The summed E-state index contributed by atoms with van der Waals surface area (Å²) in [5, 5.41) is 11.4. The van der Waals surface area contributed by atoms with E-state index >= 15 is 0 Å². The van der Waals surface area contributed by atoms with Gasteiger partial charge in [0.2, 0.25) is 5.88 Å². The van der Waals surface area contributed by atoms with Gasteiger partial charge in [-0.05, 0) is 25.2 Å². The molecule has 1 aromatic rings. The molecule has 0 bridgehead atoms. The molecule has 2 unspecified atom stereocenters. The number of rotatable bonds is 4. The quantitative estimate of drug-likeness (QED) is 0.375. The van der Waals surface area contributed by atoms with Crippen LogP contribution in [0, 0.1) is 5.92 Å². The molecule has 0 radical (unpaired) electrons. The van der Waals surface area contributed by atoms with Crippen LogP contribution in [0.5, 0.6) is 5.88 Å². The van der Waals surface area contributed by atoms with Crippen molar-refractivity contribution in [1.29, 1.82) is 0 Å². The second-order valence-corrected chi connectivity index (χ2v) is 4.91. The average molecular weight is 264 g/mol. The molecule has 6 heteroatoms. The summed E-state index contributed by atoms with van der Waals surface area (Å²) in [7, 11) is 0. The van der Waals surface area contributed by atoms with Crippen molar-refractivity contribution in [3.05, 3.63) is 18.1 Å². The standard InChI is InChI=1S/C13H20N4O2/c1-2-9-4-3-5-10(6-9)19-12-8-15-11(7-16-12)13(14)17-18/h7-10,18H,2-6H2,1H3,(H2,14,17). The molecule has 1 aliphatic carbocycles. The van der Waals surface area contributed by atoms with Crippen molar-refractivity contribution in [2.24, 2.45) is 16.8 Å². The van der Waals surface area contributed by atoms with Crippen LogP contribution in [0.3, 0.4) is 0 Å². The Bertz CT molecular complexity index is 433. The number of ether oxygens (including phenoxy) is 1. The monoisotopic (exact) mass is 264 g/mol. The van der Waals surface area contributed by atoms with E-state index in [2.05, 4.69) is 22.0 Å². The Morgan fingerprint density at radius 2 is 2.32 bits per heavy atom. The molecule has 3 N–H and O–H groups in total. The van der Waals surface area contributed by atoms with Crippen LogP contribution in [0.2, 0.25) is 0 Å². The summed E-state index contributed by atoms with van der Waals surface area (Å²) in [6.07, 6.45) is 9.05. The third-order valence-electron chi connectivity index (χ3n) is 3.60. The fraction of sp³-hybridized carbons (Fsp3) is 0.615. The lowest BCUT2D eigenvalue weighted by atomic mass is 9.85. The van der Waals surface area contributed by atoms with E-state index in [4.69, 9.17) is 15.7 Å². The Balaban J connectivity index is 1.96. The van der Waals surface area contributed by atoms with Gasteiger partial charge in [-0.25, -0.2) is 9.97 Å². The van der Waals surface area contributed by atoms with Crippen molar-refractivity contribution in [3.63, 3.8) is 0 Å². The van der Waals surface area contributed by atoms with Gasteiger partial charge in [0, 0.05) is 0 Å². The van der Waals surface area contributed by atoms with Crippen LogP contribution < -0.4 is 10.5 Å². The van der Waals surface area contributed by atoms with E-state index in [-0.39, 0.29) is 11.9 Å². The Kier molecular flexibility index (Phi) is 4.54. The third-order valence-corrected chi connectivity index (χ3v) is 3.60. The van der Waals surface area contributed by atoms with Gasteiger partial charge < -0.3 is 15.7 Å². The summed E-state index contributed by atoms with van der Waals surface area (Å²) in [4.78, 5) is 8.19. The van der Waals surface area contributed by atoms with Gasteiger partial charge in [-0.15, -0.1) is 0 Å². The van der Waals surface area contributed by atoms with Gasteiger partial charge in [0.15, 0.2) is 5.84 Å². The van der Waals surface area contributed by atoms with E-state index in [0.717, 1.165) is 18.8 Å². The molecule has 1 fully saturated rings. The number of amidine groups is 1. The largest absolute Gasteiger partial charge is 0.473 e. The van der Waals surface area contributed by atoms with Crippen molar-refractivity contribution in [1.82, 2.24) is 9.97 Å². The molecule has 2 rings (SSSR count). The van der Waals surface area contributed by atoms with Crippen LogP contribution in [0.25, 0.3) is 0 Å². The maximum absolute atomic E-state index is 8.54. The summed E-state index contributed by atoms with van der Waals surface area (Å²) >= 11 is 0. The minimum absolute atomic E-state index is 0.0530. The van der Waals surface area contributed by atoms with E-state index < -0.39 is 0 Å². The highest BCUT2D eigenvalue weighted by molar-refractivity contribution is 5.94. The average Bonchev–Trinajstić information content (AvgIpc) is 2.47. The van der Waals surface area contributed by atoms with Gasteiger partial charge >= 0.3 is 0 Å². The molecule has 0 aliphatic heterocycles. The predicted molar refractivity (Wildman–Crippen MR) is 71.2 cm³/mol. The van der Waals surface area contributed by atoms with Crippen LogP contribution >= 0.6 is 0 Å². The first-order valence-electron chi connectivity index (χ1n) is 6.69. The molecule has 1 heterocycles. The topological polar surface area (TPSA) is 93.6 Å². The highest BCUT2D eigenvalue weighted by Crippen LogP contribution is 2.28. The Morgan fingerprint density at radius 1 is 1.47 bits per heavy atom. The van der Waals surface area contributed by atoms with Crippen molar-refractivity contribution >= 4 is 5.84 Å². The lowest BCUT2D eigenvalue weighted by Gasteiger charge is -2.28. The Labute approximate surface area is 112 Å². The molecule has 0 aromatic carbocycles. The van der Waals surface area contributed by atoms with Gasteiger partial charge in [-0.2, -0.15) is 0 Å². The van der Waals surface area contributed by atoms with Crippen molar-refractivity contribution < 1.29 is 9.94 Å². The number of nitrogens with two attached hydrogens (primary N) is 1. The van der Waals surface area contributed by atoms with E-state index in [1.165, 1.54) is 31.7 Å². The summed E-state index contributed by atoms with van der Waals surface area (Å²) in [6.45, 7) is 2.22. The van der Waals surface area contributed by atoms with Gasteiger partial charge in [-0.3, -0.25) is 0 Å². The molecule has 19 heavy (non-hydrogen) atoms. The van der Waals surface area contributed by atoms with Crippen LogP contribution in [0.4, 0.5) is 0 Å². The van der Waals surface area contributed by atoms with Crippen molar-refractivity contribution in [3.8, 4) is 5.88 Å². The predicted octanol–water partition coefficient (Wildman–Crippen LogP) is 1.92. The molecule has 1 aromatic heterocycles. The van der Waals surface area contributed by atoms with Gasteiger partial charge in [0.05, 0.1) is 12.4 Å². The molecular formula is C13H20N4O2. The minimum Gasteiger partial charge on any atom is -0.473 e. The fourth-order valence-corrected chi connectivity index (χ4v) is 2.45. The number of nitrogens with zero attached hydrogens (tertiary/aromatic N) is 3. The zero-order valence-corrected chi connectivity index (χ0v) is 11.1. The lowest BCUT2D eigenvalue weighted by molar-refractivity contribution is 0.116. The van der Waals surface area contributed by atoms with Gasteiger partial charge in [0.25, 0.3) is 0 Å². The first-order chi connectivity index (χ1) is 9.22. The Morgan fingerprint density at radius 3 is 2.95 bits per heavy atom. The van der Waals surface area contributed by atoms with Gasteiger partial charge in [0.1, 0.15) is 11.8 Å². The molecular weight excluding hydrogens is 244 g/mol. The number of oxime groups is 1. The SMILES string of the molecule is CCC1CCCC(Oc2cnc(C(N)=NO)cn2)C1. The smallest absolute Gasteiger partial charge is 0.232 e. The zero-order chi connectivity index (χ0) is 13.7.